The van der Waals surface area contributed by atoms with Crippen molar-refractivity contribution in [2.24, 2.45) is 0 Å². The molecule has 0 N–H and O–H groups in total. The van der Waals surface area contributed by atoms with Gasteiger partial charge in [-0.15, -0.1) is 0 Å². The van der Waals surface area contributed by atoms with Crippen molar-refractivity contribution in [3.05, 3.63) is 191 Å². The lowest BCUT2D eigenvalue weighted by Crippen LogP contribution is -2.60. The predicted molar refractivity (Wildman–Crippen MR) is 317 cm³/mol. The summed E-state index contributed by atoms with van der Waals surface area (Å²) < 4.78 is 9.93. The van der Waals surface area contributed by atoms with E-state index in [2.05, 4.69) is 269 Å². The molecule has 1 aliphatic carbocycles. The van der Waals surface area contributed by atoms with E-state index in [0.717, 1.165) is 50.4 Å². The van der Waals surface area contributed by atoms with Gasteiger partial charge < -0.3 is 18.8 Å². The third-order valence-electron chi connectivity index (χ3n) is 17.0. The summed E-state index contributed by atoms with van der Waals surface area (Å²) in [5, 5.41) is 3.58. The first-order chi connectivity index (χ1) is 35.0. The summed E-state index contributed by atoms with van der Waals surface area (Å²) in [5.74, 6) is 0. The lowest BCUT2D eigenvalue weighted by atomic mass is 9.33. The Hall–Kier alpha value is -7.24. The highest BCUT2D eigenvalue weighted by atomic mass is 16.3. The molecule has 10 aromatic rings. The number of anilines is 6. The van der Waals surface area contributed by atoms with Crippen molar-refractivity contribution >= 4 is 90.1 Å². The first-order valence-electron chi connectivity index (χ1n) is 26.9. The van der Waals surface area contributed by atoms with E-state index in [1.807, 2.05) is 0 Å². The van der Waals surface area contributed by atoms with Gasteiger partial charge in [-0.1, -0.05) is 200 Å². The van der Waals surface area contributed by atoms with Gasteiger partial charge in [0.25, 0.3) is 6.71 Å². The highest BCUT2D eigenvalue weighted by Crippen LogP contribution is 2.56. The van der Waals surface area contributed by atoms with Gasteiger partial charge in [0.15, 0.2) is 5.58 Å². The van der Waals surface area contributed by atoms with E-state index in [4.69, 9.17) is 4.42 Å². The highest BCUT2D eigenvalue weighted by Gasteiger charge is 2.48. The second-order valence-electron chi connectivity index (χ2n) is 26.3. The molecule has 74 heavy (non-hydrogen) atoms. The van der Waals surface area contributed by atoms with Crippen LogP contribution in [0.4, 0.5) is 34.1 Å². The largest absolute Gasteiger partial charge is 0.454 e. The van der Waals surface area contributed by atoms with E-state index >= 15 is 0 Å². The molecular formula is C69H68BN3O. The van der Waals surface area contributed by atoms with Gasteiger partial charge in [0.1, 0.15) is 5.58 Å². The molecule has 2 aliphatic heterocycles. The van der Waals surface area contributed by atoms with E-state index in [1.165, 1.54) is 83.3 Å². The highest BCUT2D eigenvalue weighted by molar-refractivity contribution is 7.00. The van der Waals surface area contributed by atoms with Crippen molar-refractivity contribution in [3.63, 3.8) is 0 Å². The molecule has 0 fully saturated rings. The van der Waals surface area contributed by atoms with Crippen molar-refractivity contribution in [1.82, 2.24) is 4.57 Å². The van der Waals surface area contributed by atoms with Gasteiger partial charge in [0.05, 0.1) is 17.1 Å². The number of nitrogens with zero attached hydrogens (tertiary/aromatic N) is 3. The fourth-order valence-corrected chi connectivity index (χ4v) is 12.9. The molecule has 3 aliphatic rings. The van der Waals surface area contributed by atoms with E-state index in [1.54, 1.807) is 0 Å². The number of hydrogen-bond acceptors (Lipinski definition) is 3. The average molecular weight is 966 g/mol. The summed E-state index contributed by atoms with van der Waals surface area (Å²) in [4.78, 5) is 5.08. The van der Waals surface area contributed by atoms with E-state index in [0.29, 0.717) is 0 Å². The van der Waals surface area contributed by atoms with Crippen LogP contribution in [0.5, 0.6) is 0 Å². The number of para-hydroxylation sites is 2. The Kier molecular flexibility index (Phi) is 9.70. The molecule has 0 amide bonds. The molecule has 0 bridgehead atoms. The lowest BCUT2D eigenvalue weighted by Gasteiger charge is -2.42. The first kappa shape index (κ1) is 46.5. The number of rotatable bonds is 4. The maximum absolute atomic E-state index is 7.25. The molecule has 8 aromatic carbocycles. The Morgan fingerprint density at radius 1 is 0.459 bits per heavy atom. The SMILES string of the molecule is CC(C)(C)c1ccc(N(c2ccc(C(C)(C)C)cc2)c2cc3c4c(c2)-n2c5c(c6cccc(c62)B4c2ccc(C(C)(C)C)cc2N3c2cccc3c2oc2cc(C(C)(C)C)ccc23)C(C)(C)c2ccccc2-5)cc1. The maximum Gasteiger partial charge on any atom is 0.252 e. The van der Waals surface area contributed by atoms with Gasteiger partial charge in [-0.25, -0.2) is 0 Å². The minimum absolute atomic E-state index is 0.00609. The molecule has 0 spiro atoms. The van der Waals surface area contributed by atoms with Gasteiger partial charge in [0.2, 0.25) is 0 Å². The lowest BCUT2D eigenvalue weighted by molar-refractivity contribution is 0.587. The van der Waals surface area contributed by atoms with Crippen LogP contribution >= 0.6 is 0 Å². The van der Waals surface area contributed by atoms with Crippen LogP contribution in [-0.2, 0) is 27.1 Å². The first-order valence-corrected chi connectivity index (χ1v) is 26.9. The van der Waals surface area contributed by atoms with Crippen LogP contribution in [-0.4, -0.2) is 11.3 Å². The minimum atomic E-state index is -0.209. The Morgan fingerprint density at radius 2 is 1.03 bits per heavy atom. The summed E-state index contributed by atoms with van der Waals surface area (Å²) in [5.41, 5.74) is 25.2. The Balaban J connectivity index is 1.19. The van der Waals surface area contributed by atoms with Gasteiger partial charge in [-0.3, -0.25) is 0 Å². The normalized spacial score (nSPS) is 14.7. The zero-order chi connectivity index (χ0) is 51.8. The molecule has 4 heterocycles. The maximum atomic E-state index is 7.25. The van der Waals surface area contributed by atoms with Crippen LogP contribution < -0.4 is 26.2 Å². The third kappa shape index (κ3) is 6.73. The molecule has 0 saturated heterocycles. The standard InChI is InChI=1S/C69H68BN3O/c1-65(2,3)41-25-31-45(32-26-41)71(46-33-27-42(28-34-46)66(4,5)6)47-39-57-61-58(40-47)73-62-51(60-63(73)50-19-15-16-22-52(50)69(60,13)14)21-17-23-54(62)70(61)53-36-30-43(67(7,8)9)37-56(53)72(57)55-24-18-20-49-48-35-29-44(68(10,11)12)38-59(48)74-64(49)55/h15-40H,1-14H3. The Labute approximate surface area is 438 Å². The second-order valence-corrected chi connectivity index (χ2v) is 26.3. The number of fused-ring (bicyclic) bond motifs is 12. The van der Waals surface area contributed by atoms with Crippen LogP contribution in [0.1, 0.15) is 130 Å². The zero-order valence-corrected chi connectivity index (χ0v) is 45.8. The summed E-state index contributed by atoms with van der Waals surface area (Å²) in [7, 11) is 0. The molecule has 368 valence electrons. The molecule has 2 aromatic heterocycles. The van der Waals surface area contributed by atoms with Crippen molar-refractivity contribution in [3.8, 4) is 16.9 Å². The molecular weight excluding hydrogens is 898 g/mol. The Bertz CT molecular complexity index is 3910. The molecule has 13 rings (SSSR count). The number of furan rings is 1. The topological polar surface area (TPSA) is 24.6 Å². The average Bonchev–Trinajstić information content (AvgIpc) is 3.99. The quantitative estimate of drug-likeness (QED) is 0.164. The zero-order valence-electron chi connectivity index (χ0n) is 45.8. The van der Waals surface area contributed by atoms with Crippen LogP contribution in [0.25, 0.3) is 49.8 Å². The summed E-state index contributed by atoms with van der Waals surface area (Å²) in [6, 6.07) is 60.8. The predicted octanol–water partition coefficient (Wildman–Crippen LogP) is 17.1. The number of benzene rings is 8. The number of hydrogen-bond donors (Lipinski definition) is 0. The Morgan fingerprint density at radius 3 is 1.68 bits per heavy atom. The van der Waals surface area contributed by atoms with Crippen LogP contribution in [0, 0.1) is 0 Å². The molecule has 0 atom stereocenters. The summed E-state index contributed by atoms with van der Waals surface area (Å²) in [6.45, 7) is 32.5. The van der Waals surface area contributed by atoms with Gasteiger partial charge in [-0.05, 0) is 126 Å². The fourth-order valence-electron chi connectivity index (χ4n) is 12.9. The van der Waals surface area contributed by atoms with Crippen molar-refractivity contribution in [2.45, 2.75) is 124 Å². The monoisotopic (exact) mass is 966 g/mol. The second kappa shape index (κ2) is 15.4. The van der Waals surface area contributed by atoms with Gasteiger partial charge in [-0.2, -0.15) is 0 Å². The molecule has 5 heteroatoms. The van der Waals surface area contributed by atoms with Gasteiger partial charge >= 0.3 is 0 Å². The smallest absolute Gasteiger partial charge is 0.252 e. The third-order valence-corrected chi connectivity index (χ3v) is 17.0. The fraction of sp³-hybridized carbons (Fsp3) is 0.275. The van der Waals surface area contributed by atoms with Gasteiger partial charge in [0, 0.05) is 61.1 Å². The molecule has 4 nitrogen and oxygen atoms in total. The number of aromatic nitrogens is 1. The van der Waals surface area contributed by atoms with E-state index < -0.39 is 0 Å². The molecule has 0 radical (unpaired) electrons. The van der Waals surface area contributed by atoms with E-state index in [-0.39, 0.29) is 33.8 Å². The van der Waals surface area contributed by atoms with Crippen molar-refractivity contribution in [2.75, 3.05) is 9.80 Å². The molecule has 0 unspecified atom stereocenters. The van der Waals surface area contributed by atoms with Crippen LogP contribution in [0.3, 0.4) is 0 Å². The van der Waals surface area contributed by atoms with E-state index in [9.17, 15) is 0 Å². The van der Waals surface area contributed by atoms with Crippen LogP contribution in [0.15, 0.2) is 162 Å². The minimum Gasteiger partial charge on any atom is -0.454 e. The molecule has 0 saturated carbocycles. The van der Waals surface area contributed by atoms with Crippen molar-refractivity contribution < 1.29 is 4.42 Å². The summed E-state index contributed by atoms with van der Waals surface area (Å²) >= 11 is 0. The van der Waals surface area contributed by atoms with Crippen LogP contribution in [0.2, 0.25) is 0 Å². The summed E-state index contributed by atoms with van der Waals surface area (Å²) in [6.07, 6.45) is 0. The van der Waals surface area contributed by atoms with Crippen molar-refractivity contribution in [1.29, 1.82) is 0 Å².